The van der Waals surface area contributed by atoms with Crippen LogP contribution in [-0.4, -0.2) is 29.3 Å². The molecule has 2 aliphatic carbocycles. The summed E-state index contributed by atoms with van der Waals surface area (Å²) in [4.78, 5) is 14.8. The molecular formula is C15H26ClNO. The fraction of sp³-hybridized carbons (Fsp3) is 0.933. The van der Waals surface area contributed by atoms with Crippen LogP contribution in [0.2, 0.25) is 0 Å². The molecule has 0 aromatic carbocycles. The van der Waals surface area contributed by atoms with Gasteiger partial charge in [-0.2, -0.15) is 0 Å². The molecule has 0 aliphatic heterocycles. The standard InChI is InChI=1S/C15H26ClNO/c16-11-12-17(14-9-5-6-10-14)15(18)13-7-3-1-2-4-8-13/h13-14H,1-12H2. The van der Waals surface area contributed by atoms with Gasteiger partial charge in [0.25, 0.3) is 0 Å². The first-order valence-corrected chi connectivity index (χ1v) is 8.23. The molecule has 1 amide bonds. The normalized spacial score (nSPS) is 22.9. The van der Waals surface area contributed by atoms with Crippen molar-refractivity contribution >= 4 is 17.5 Å². The van der Waals surface area contributed by atoms with Crippen molar-refractivity contribution in [2.45, 2.75) is 70.3 Å². The highest BCUT2D eigenvalue weighted by Crippen LogP contribution is 2.29. The first kappa shape index (κ1) is 14.2. The lowest BCUT2D eigenvalue weighted by atomic mass is 9.97. The molecule has 0 atom stereocenters. The zero-order chi connectivity index (χ0) is 12.8. The summed E-state index contributed by atoms with van der Waals surface area (Å²) in [7, 11) is 0. The average Bonchev–Trinajstić information content (AvgIpc) is 2.77. The Morgan fingerprint density at radius 3 is 2.06 bits per heavy atom. The summed E-state index contributed by atoms with van der Waals surface area (Å²) in [5, 5.41) is 0. The van der Waals surface area contributed by atoms with Crippen molar-refractivity contribution in [3.63, 3.8) is 0 Å². The third-order valence-electron chi connectivity index (χ3n) is 4.58. The van der Waals surface area contributed by atoms with Crippen LogP contribution in [0.25, 0.3) is 0 Å². The molecule has 0 radical (unpaired) electrons. The molecule has 0 spiro atoms. The van der Waals surface area contributed by atoms with E-state index in [-0.39, 0.29) is 5.92 Å². The van der Waals surface area contributed by atoms with Gasteiger partial charge in [0.1, 0.15) is 0 Å². The van der Waals surface area contributed by atoms with Gasteiger partial charge in [-0.05, 0) is 25.7 Å². The van der Waals surface area contributed by atoms with E-state index in [1.807, 2.05) is 0 Å². The molecular weight excluding hydrogens is 246 g/mol. The molecule has 0 aromatic heterocycles. The Hall–Kier alpha value is -0.240. The number of hydrogen-bond acceptors (Lipinski definition) is 1. The van der Waals surface area contributed by atoms with Crippen molar-refractivity contribution in [3.8, 4) is 0 Å². The minimum atomic E-state index is 0.288. The van der Waals surface area contributed by atoms with Gasteiger partial charge in [0.15, 0.2) is 0 Å². The summed E-state index contributed by atoms with van der Waals surface area (Å²) in [6.45, 7) is 0.752. The van der Waals surface area contributed by atoms with E-state index in [1.165, 1.54) is 51.4 Å². The van der Waals surface area contributed by atoms with Gasteiger partial charge in [-0.3, -0.25) is 4.79 Å². The highest BCUT2D eigenvalue weighted by Gasteiger charge is 2.30. The topological polar surface area (TPSA) is 20.3 Å². The van der Waals surface area contributed by atoms with E-state index >= 15 is 0 Å². The van der Waals surface area contributed by atoms with Crippen LogP contribution in [0, 0.1) is 5.92 Å². The third-order valence-corrected chi connectivity index (χ3v) is 4.75. The van der Waals surface area contributed by atoms with Crippen molar-refractivity contribution in [2.75, 3.05) is 12.4 Å². The van der Waals surface area contributed by atoms with Gasteiger partial charge in [0.05, 0.1) is 0 Å². The largest absolute Gasteiger partial charge is 0.338 e. The summed E-state index contributed by atoms with van der Waals surface area (Å²) < 4.78 is 0. The molecule has 2 fully saturated rings. The minimum Gasteiger partial charge on any atom is -0.338 e. The Kier molecular flexibility index (Phi) is 5.81. The first-order valence-electron chi connectivity index (χ1n) is 7.69. The lowest BCUT2D eigenvalue weighted by molar-refractivity contribution is -0.138. The zero-order valence-corrected chi connectivity index (χ0v) is 12.1. The summed E-state index contributed by atoms with van der Waals surface area (Å²) in [6.07, 6.45) is 12.2. The predicted molar refractivity (Wildman–Crippen MR) is 75.9 cm³/mol. The molecule has 2 saturated carbocycles. The Bertz CT molecular complexity index is 255. The van der Waals surface area contributed by atoms with Gasteiger partial charge in [-0.1, -0.05) is 38.5 Å². The summed E-state index contributed by atoms with van der Waals surface area (Å²) >= 11 is 5.90. The molecule has 2 nitrogen and oxygen atoms in total. The van der Waals surface area contributed by atoms with Crippen molar-refractivity contribution in [2.24, 2.45) is 5.92 Å². The Morgan fingerprint density at radius 1 is 0.944 bits per heavy atom. The average molecular weight is 272 g/mol. The number of hydrogen-bond donors (Lipinski definition) is 0. The molecule has 2 aliphatic rings. The minimum absolute atomic E-state index is 0.288. The number of rotatable bonds is 4. The maximum Gasteiger partial charge on any atom is 0.225 e. The van der Waals surface area contributed by atoms with Crippen molar-refractivity contribution in [1.29, 1.82) is 0 Å². The van der Waals surface area contributed by atoms with E-state index in [4.69, 9.17) is 11.6 Å². The van der Waals surface area contributed by atoms with E-state index in [2.05, 4.69) is 4.90 Å². The molecule has 0 aromatic rings. The van der Waals surface area contributed by atoms with Crippen LogP contribution in [0.4, 0.5) is 0 Å². The second kappa shape index (κ2) is 7.37. The summed E-state index contributed by atoms with van der Waals surface area (Å²) in [5.74, 6) is 1.27. The van der Waals surface area contributed by atoms with Crippen LogP contribution < -0.4 is 0 Å². The summed E-state index contributed by atoms with van der Waals surface area (Å²) in [6, 6.07) is 0.486. The molecule has 0 unspecified atom stereocenters. The number of nitrogens with zero attached hydrogens (tertiary/aromatic N) is 1. The van der Waals surface area contributed by atoms with E-state index in [0.29, 0.717) is 17.8 Å². The Morgan fingerprint density at radius 2 is 1.50 bits per heavy atom. The van der Waals surface area contributed by atoms with E-state index in [9.17, 15) is 4.79 Å². The van der Waals surface area contributed by atoms with Crippen LogP contribution >= 0.6 is 11.6 Å². The van der Waals surface area contributed by atoms with Gasteiger partial charge >= 0.3 is 0 Å². The number of carbonyl (C=O) groups excluding carboxylic acids is 1. The smallest absolute Gasteiger partial charge is 0.225 e. The molecule has 2 rings (SSSR count). The first-order chi connectivity index (χ1) is 8.83. The number of halogens is 1. The fourth-order valence-corrected chi connectivity index (χ4v) is 3.72. The van der Waals surface area contributed by atoms with Crippen LogP contribution in [-0.2, 0) is 4.79 Å². The zero-order valence-electron chi connectivity index (χ0n) is 11.4. The molecule has 0 heterocycles. The van der Waals surface area contributed by atoms with Crippen molar-refractivity contribution in [3.05, 3.63) is 0 Å². The third kappa shape index (κ3) is 3.63. The molecule has 0 bridgehead atoms. The van der Waals surface area contributed by atoms with Crippen molar-refractivity contribution in [1.82, 2.24) is 4.90 Å². The maximum absolute atomic E-state index is 12.7. The molecule has 104 valence electrons. The van der Waals surface area contributed by atoms with E-state index < -0.39 is 0 Å². The Balaban J connectivity index is 1.96. The highest BCUT2D eigenvalue weighted by atomic mass is 35.5. The van der Waals surface area contributed by atoms with E-state index in [0.717, 1.165) is 19.4 Å². The molecule has 0 N–H and O–H groups in total. The molecule has 3 heteroatoms. The highest BCUT2D eigenvalue weighted by molar-refractivity contribution is 6.18. The van der Waals surface area contributed by atoms with Crippen molar-refractivity contribution < 1.29 is 4.79 Å². The monoisotopic (exact) mass is 271 g/mol. The van der Waals surface area contributed by atoms with Gasteiger partial charge in [0.2, 0.25) is 5.91 Å². The SMILES string of the molecule is O=C(C1CCCCCC1)N(CCCl)C1CCCC1. The van der Waals surface area contributed by atoms with Crippen LogP contribution in [0.5, 0.6) is 0 Å². The Labute approximate surface area is 116 Å². The summed E-state index contributed by atoms with van der Waals surface area (Å²) in [5.41, 5.74) is 0. The van der Waals surface area contributed by atoms with E-state index in [1.54, 1.807) is 0 Å². The number of alkyl halides is 1. The lowest BCUT2D eigenvalue weighted by Crippen LogP contribution is -2.43. The lowest BCUT2D eigenvalue weighted by Gasteiger charge is -2.31. The maximum atomic E-state index is 12.7. The van der Waals surface area contributed by atoms with Gasteiger partial charge in [0, 0.05) is 24.4 Å². The van der Waals surface area contributed by atoms with Gasteiger partial charge < -0.3 is 4.90 Å². The van der Waals surface area contributed by atoms with Gasteiger partial charge in [-0.25, -0.2) is 0 Å². The number of carbonyl (C=O) groups is 1. The van der Waals surface area contributed by atoms with Crippen LogP contribution in [0.15, 0.2) is 0 Å². The second-order valence-corrected chi connectivity index (χ2v) is 6.23. The van der Waals surface area contributed by atoms with Crippen LogP contribution in [0.3, 0.4) is 0 Å². The second-order valence-electron chi connectivity index (χ2n) is 5.85. The predicted octanol–water partition coefficient (Wildman–Crippen LogP) is 3.97. The number of amides is 1. The fourth-order valence-electron chi connectivity index (χ4n) is 3.54. The quantitative estimate of drug-likeness (QED) is 0.560. The van der Waals surface area contributed by atoms with Crippen LogP contribution in [0.1, 0.15) is 64.2 Å². The molecule has 18 heavy (non-hydrogen) atoms. The van der Waals surface area contributed by atoms with Gasteiger partial charge in [-0.15, -0.1) is 11.6 Å². The molecule has 0 saturated heterocycles.